The molecule has 0 bridgehead atoms. The molecular formula is C16H23NO2. The van der Waals surface area contributed by atoms with E-state index in [-0.39, 0.29) is 12.0 Å². The molecular weight excluding hydrogens is 238 g/mol. The molecule has 0 aromatic heterocycles. The Balaban J connectivity index is 1.86. The highest BCUT2D eigenvalue weighted by Gasteiger charge is 2.25. The molecule has 1 unspecified atom stereocenters. The van der Waals surface area contributed by atoms with Gasteiger partial charge < -0.3 is 10.0 Å². The number of likely N-dealkylation sites (tertiary alicyclic amines) is 1. The van der Waals surface area contributed by atoms with Crippen LogP contribution in [0.5, 0.6) is 0 Å². The lowest BCUT2D eigenvalue weighted by atomic mass is 9.92. The van der Waals surface area contributed by atoms with Crippen LogP contribution in [0.1, 0.15) is 30.9 Å². The number of piperidine rings is 1. The molecule has 19 heavy (non-hydrogen) atoms. The van der Waals surface area contributed by atoms with Gasteiger partial charge in [0, 0.05) is 13.1 Å². The highest BCUT2D eigenvalue weighted by molar-refractivity contribution is 5.78. The molecule has 1 saturated heterocycles. The van der Waals surface area contributed by atoms with Crippen molar-refractivity contribution in [2.45, 2.75) is 39.2 Å². The van der Waals surface area contributed by atoms with Gasteiger partial charge in [0.2, 0.25) is 5.91 Å². The third-order valence-electron chi connectivity index (χ3n) is 4.05. The molecule has 0 spiro atoms. The molecule has 0 saturated carbocycles. The van der Waals surface area contributed by atoms with Gasteiger partial charge in [-0.3, -0.25) is 4.79 Å². The standard InChI is InChI=1S/C16H23NO2/c1-12-3-5-14(6-4-12)11-16(19)17-9-7-15(8-10-17)13(2)18/h3-6,13,15,18H,7-11H2,1-2H3. The zero-order valence-corrected chi connectivity index (χ0v) is 11.8. The normalized spacial score (nSPS) is 18.4. The first kappa shape index (κ1) is 14.1. The van der Waals surface area contributed by atoms with E-state index in [1.165, 1.54) is 5.56 Å². The molecule has 1 aliphatic rings. The minimum Gasteiger partial charge on any atom is -0.393 e. The molecule has 3 heteroatoms. The van der Waals surface area contributed by atoms with Gasteiger partial charge in [0.1, 0.15) is 0 Å². The summed E-state index contributed by atoms with van der Waals surface area (Å²) < 4.78 is 0. The number of aliphatic hydroxyl groups is 1. The molecule has 1 N–H and O–H groups in total. The van der Waals surface area contributed by atoms with Crippen molar-refractivity contribution in [1.29, 1.82) is 0 Å². The van der Waals surface area contributed by atoms with E-state index in [1.54, 1.807) is 0 Å². The predicted molar refractivity (Wildman–Crippen MR) is 75.9 cm³/mol. The fourth-order valence-corrected chi connectivity index (χ4v) is 2.62. The number of aryl methyl sites for hydroxylation is 1. The maximum absolute atomic E-state index is 12.2. The lowest BCUT2D eigenvalue weighted by Crippen LogP contribution is -2.41. The van der Waals surface area contributed by atoms with E-state index >= 15 is 0 Å². The minimum absolute atomic E-state index is 0.202. The maximum Gasteiger partial charge on any atom is 0.226 e. The Bertz CT molecular complexity index is 417. The molecule has 1 aromatic carbocycles. The van der Waals surface area contributed by atoms with Crippen LogP contribution < -0.4 is 0 Å². The molecule has 104 valence electrons. The van der Waals surface area contributed by atoms with Crippen LogP contribution in [0.25, 0.3) is 0 Å². The number of carbonyl (C=O) groups excluding carboxylic acids is 1. The topological polar surface area (TPSA) is 40.5 Å². The molecule has 0 radical (unpaired) electrons. The molecule has 3 nitrogen and oxygen atoms in total. The third-order valence-corrected chi connectivity index (χ3v) is 4.05. The number of aliphatic hydroxyl groups excluding tert-OH is 1. The minimum atomic E-state index is -0.255. The summed E-state index contributed by atoms with van der Waals surface area (Å²) in [5, 5.41) is 9.56. The smallest absolute Gasteiger partial charge is 0.226 e. The monoisotopic (exact) mass is 261 g/mol. The lowest BCUT2D eigenvalue weighted by Gasteiger charge is -2.33. The van der Waals surface area contributed by atoms with Crippen molar-refractivity contribution >= 4 is 5.91 Å². The molecule has 2 rings (SSSR count). The van der Waals surface area contributed by atoms with Gasteiger partial charge in [-0.1, -0.05) is 29.8 Å². The van der Waals surface area contributed by atoms with E-state index < -0.39 is 0 Å². The molecule has 1 atom stereocenters. The average molecular weight is 261 g/mol. The molecule has 1 aliphatic heterocycles. The van der Waals surface area contributed by atoms with Crippen molar-refractivity contribution in [2.24, 2.45) is 5.92 Å². The summed E-state index contributed by atoms with van der Waals surface area (Å²) in [6.45, 7) is 5.45. The van der Waals surface area contributed by atoms with E-state index in [9.17, 15) is 9.90 Å². The Labute approximate surface area is 115 Å². The Kier molecular flexibility index (Phi) is 4.59. The third kappa shape index (κ3) is 3.80. The molecule has 1 heterocycles. The second kappa shape index (κ2) is 6.20. The van der Waals surface area contributed by atoms with Gasteiger partial charge in [-0.05, 0) is 38.2 Å². The van der Waals surface area contributed by atoms with E-state index in [0.717, 1.165) is 31.5 Å². The van der Waals surface area contributed by atoms with Crippen LogP contribution in [0.15, 0.2) is 24.3 Å². The van der Waals surface area contributed by atoms with Crippen LogP contribution in [-0.4, -0.2) is 35.1 Å². The Morgan fingerprint density at radius 2 is 1.89 bits per heavy atom. The maximum atomic E-state index is 12.2. The van der Waals surface area contributed by atoms with E-state index in [4.69, 9.17) is 0 Å². The number of hydrogen-bond donors (Lipinski definition) is 1. The van der Waals surface area contributed by atoms with Crippen LogP contribution in [0.3, 0.4) is 0 Å². The largest absolute Gasteiger partial charge is 0.393 e. The number of amides is 1. The predicted octanol–water partition coefficient (Wildman–Crippen LogP) is 2.16. The zero-order chi connectivity index (χ0) is 13.8. The van der Waals surface area contributed by atoms with Gasteiger partial charge in [0.05, 0.1) is 12.5 Å². The van der Waals surface area contributed by atoms with Crippen LogP contribution in [0.4, 0.5) is 0 Å². The summed E-state index contributed by atoms with van der Waals surface area (Å²) in [6.07, 6.45) is 2.06. The first-order chi connectivity index (χ1) is 9.06. The van der Waals surface area contributed by atoms with Gasteiger partial charge in [0.15, 0.2) is 0 Å². The summed E-state index contributed by atoms with van der Waals surface area (Å²) in [5.74, 6) is 0.552. The number of benzene rings is 1. The Hall–Kier alpha value is -1.35. The van der Waals surface area contributed by atoms with Crippen molar-refractivity contribution in [1.82, 2.24) is 4.90 Å². The molecule has 1 aromatic rings. The number of nitrogens with zero attached hydrogens (tertiary/aromatic N) is 1. The van der Waals surface area contributed by atoms with Gasteiger partial charge in [-0.25, -0.2) is 0 Å². The van der Waals surface area contributed by atoms with Crippen LogP contribution in [0, 0.1) is 12.8 Å². The fourth-order valence-electron chi connectivity index (χ4n) is 2.62. The van der Waals surface area contributed by atoms with Gasteiger partial charge in [0.25, 0.3) is 0 Å². The number of rotatable bonds is 3. The second-order valence-corrected chi connectivity index (χ2v) is 5.62. The molecule has 1 fully saturated rings. The first-order valence-corrected chi connectivity index (χ1v) is 7.07. The van der Waals surface area contributed by atoms with Crippen molar-refractivity contribution in [3.63, 3.8) is 0 Å². The van der Waals surface area contributed by atoms with Crippen LogP contribution in [-0.2, 0) is 11.2 Å². The van der Waals surface area contributed by atoms with Crippen LogP contribution >= 0.6 is 0 Å². The van der Waals surface area contributed by atoms with Gasteiger partial charge in [-0.2, -0.15) is 0 Å². The van der Waals surface area contributed by atoms with Crippen molar-refractivity contribution in [3.05, 3.63) is 35.4 Å². The zero-order valence-electron chi connectivity index (χ0n) is 11.8. The Morgan fingerprint density at radius 1 is 1.32 bits per heavy atom. The fraction of sp³-hybridized carbons (Fsp3) is 0.562. The first-order valence-electron chi connectivity index (χ1n) is 7.07. The molecule has 0 aliphatic carbocycles. The van der Waals surface area contributed by atoms with E-state index in [0.29, 0.717) is 12.3 Å². The Morgan fingerprint density at radius 3 is 2.42 bits per heavy atom. The summed E-state index contributed by atoms with van der Waals surface area (Å²) >= 11 is 0. The highest BCUT2D eigenvalue weighted by Crippen LogP contribution is 2.21. The lowest BCUT2D eigenvalue weighted by molar-refractivity contribution is -0.132. The van der Waals surface area contributed by atoms with Crippen molar-refractivity contribution in [2.75, 3.05) is 13.1 Å². The quantitative estimate of drug-likeness (QED) is 0.905. The van der Waals surface area contributed by atoms with Crippen molar-refractivity contribution < 1.29 is 9.90 Å². The summed E-state index contributed by atoms with van der Waals surface area (Å²) in [7, 11) is 0. The summed E-state index contributed by atoms with van der Waals surface area (Å²) in [5.41, 5.74) is 2.29. The van der Waals surface area contributed by atoms with E-state index in [1.807, 2.05) is 43.0 Å². The number of carbonyl (C=O) groups is 1. The SMILES string of the molecule is Cc1ccc(CC(=O)N2CCC(C(C)O)CC2)cc1. The van der Waals surface area contributed by atoms with Crippen LogP contribution in [0.2, 0.25) is 0 Å². The number of hydrogen-bond acceptors (Lipinski definition) is 2. The average Bonchev–Trinajstić information content (AvgIpc) is 2.41. The second-order valence-electron chi connectivity index (χ2n) is 5.62. The van der Waals surface area contributed by atoms with Gasteiger partial charge in [-0.15, -0.1) is 0 Å². The van der Waals surface area contributed by atoms with E-state index in [2.05, 4.69) is 0 Å². The highest BCUT2D eigenvalue weighted by atomic mass is 16.3. The molecule has 1 amide bonds. The summed E-state index contributed by atoms with van der Waals surface area (Å²) in [6, 6.07) is 8.14. The summed E-state index contributed by atoms with van der Waals surface area (Å²) in [4.78, 5) is 14.1. The van der Waals surface area contributed by atoms with Gasteiger partial charge >= 0.3 is 0 Å². The van der Waals surface area contributed by atoms with Crippen molar-refractivity contribution in [3.8, 4) is 0 Å².